The molecule has 0 aromatic rings. The van der Waals surface area contributed by atoms with Crippen LogP contribution >= 0.6 is 0 Å². The van der Waals surface area contributed by atoms with Crippen molar-refractivity contribution in [1.82, 2.24) is 10.2 Å². The van der Waals surface area contributed by atoms with E-state index in [0.717, 1.165) is 13.0 Å². The quantitative estimate of drug-likeness (QED) is 0.674. The highest BCUT2D eigenvalue weighted by atomic mass is 32.2. The van der Waals surface area contributed by atoms with E-state index in [4.69, 9.17) is 0 Å². The van der Waals surface area contributed by atoms with E-state index in [2.05, 4.69) is 5.32 Å². The molecular formula is C10H20N2O3S. The third-order valence-electron chi connectivity index (χ3n) is 2.75. The summed E-state index contributed by atoms with van der Waals surface area (Å²) in [7, 11) is -1.05. The van der Waals surface area contributed by atoms with Crippen molar-refractivity contribution in [1.29, 1.82) is 0 Å². The maximum atomic E-state index is 11.2. The summed E-state index contributed by atoms with van der Waals surface area (Å²) in [5, 5.41) is 3.29. The minimum atomic E-state index is -2.85. The van der Waals surface area contributed by atoms with Gasteiger partial charge in [-0.15, -0.1) is 0 Å². The van der Waals surface area contributed by atoms with Gasteiger partial charge in [0.25, 0.3) is 0 Å². The van der Waals surface area contributed by atoms with Crippen molar-refractivity contribution in [2.24, 2.45) is 0 Å². The van der Waals surface area contributed by atoms with Gasteiger partial charge in [0.05, 0.1) is 5.75 Å². The molecule has 0 aromatic heterocycles. The van der Waals surface area contributed by atoms with Crippen LogP contribution in [0.3, 0.4) is 0 Å². The minimum absolute atomic E-state index is 0.189. The number of likely N-dealkylation sites (tertiary alicyclic amines) is 1. The van der Waals surface area contributed by atoms with Crippen molar-refractivity contribution in [2.75, 3.05) is 32.1 Å². The Morgan fingerprint density at radius 3 is 2.75 bits per heavy atom. The molecule has 0 aromatic carbocycles. The van der Waals surface area contributed by atoms with Crippen molar-refractivity contribution >= 4 is 15.7 Å². The van der Waals surface area contributed by atoms with Crippen LogP contribution in [0.5, 0.6) is 0 Å². The summed E-state index contributed by atoms with van der Waals surface area (Å²) in [5.74, 6) is 0.413. The summed E-state index contributed by atoms with van der Waals surface area (Å²) in [6.07, 6.45) is 3.31. The summed E-state index contributed by atoms with van der Waals surface area (Å²) < 4.78 is 21.8. The standard InChI is InChI=1S/C10H20N2O3S/c1-12-8-9(4-5-10(12)13)11-6-3-7-16(2,14)15/h9,11H,3-8H2,1-2H3. The van der Waals surface area contributed by atoms with Gasteiger partial charge in [-0.2, -0.15) is 0 Å². The molecule has 0 radical (unpaired) electrons. The fourth-order valence-electron chi connectivity index (χ4n) is 1.82. The molecule has 0 saturated carbocycles. The third kappa shape index (κ3) is 4.94. The average molecular weight is 248 g/mol. The van der Waals surface area contributed by atoms with Gasteiger partial charge < -0.3 is 10.2 Å². The number of hydrogen-bond donors (Lipinski definition) is 1. The molecule has 1 fully saturated rings. The molecule has 1 aliphatic heterocycles. The predicted octanol–water partition coefficient (Wildman–Crippen LogP) is -0.368. The first-order valence-corrected chi connectivity index (χ1v) is 7.59. The van der Waals surface area contributed by atoms with Crippen LogP contribution in [-0.2, 0) is 14.6 Å². The van der Waals surface area contributed by atoms with Crippen molar-refractivity contribution in [3.63, 3.8) is 0 Å². The van der Waals surface area contributed by atoms with E-state index in [0.29, 0.717) is 25.4 Å². The zero-order chi connectivity index (χ0) is 12.2. The molecule has 1 unspecified atom stereocenters. The van der Waals surface area contributed by atoms with Crippen LogP contribution in [0.2, 0.25) is 0 Å². The summed E-state index contributed by atoms with van der Waals surface area (Å²) in [5.41, 5.74) is 0. The van der Waals surface area contributed by atoms with Gasteiger partial charge in [-0.3, -0.25) is 4.79 Å². The Hall–Kier alpha value is -0.620. The molecule has 94 valence electrons. The van der Waals surface area contributed by atoms with E-state index in [1.807, 2.05) is 0 Å². The van der Waals surface area contributed by atoms with Crippen molar-refractivity contribution < 1.29 is 13.2 Å². The lowest BCUT2D eigenvalue weighted by Gasteiger charge is -2.30. The van der Waals surface area contributed by atoms with Crippen LogP contribution in [0, 0.1) is 0 Å². The number of hydrogen-bond acceptors (Lipinski definition) is 4. The predicted molar refractivity (Wildman–Crippen MR) is 63.0 cm³/mol. The number of nitrogens with zero attached hydrogens (tertiary/aromatic N) is 1. The van der Waals surface area contributed by atoms with Gasteiger partial charge >= 0.3 is 0 Å². The van der Waals surface area contributed by atoms with Crippen LogP contribution in [-0.4, -0.2) is 57.4 Å². The molecular weight excluding hydrogens is 228 g/mol. The van der Waals surface area contributed by atoms with Crippen LogP contribution < -0.4 is 5.32 Å². The average Bonchev–Trinajstić information content (AvgIpc) is 2.17. The van der Waals surface area contributed by atoms with Crippen molar-refractivity contribution in [2.45, 2.75) is 25.3 Å². The van der Waals surface area contributed by atoms with Crippen LogP contribution in [0.1, 0.15) is 19.3 Å². The van der Waals surface area contributed by atoms with E-state index in [-0.39, 0.29) is 11.7 Å². The highest BCUT2D eigenvalue weighted by Crippen LogP contribution is 2.09. The first-order chi connectivity index (χ1) is 7.38. The Morgan fingerprint density at radius 1 is 1.50 bits per heavy atom. The highest BCUT2D eigenvalue weighted by molar-refractivity contribution is 7.90. The first kappa shape index (κ1) is 13.4. The molecule has 1 amide bonds. The third-order valence-corrected chi connectivity index (χ3v) is 3.78. The molecule has 1 aliphatic rings. The lowest BCUT2D eigenvalue weighted by molar-refractivity contribution is -0.132. The monoisotopic (exact) mass is 248 g/mol. The number of sulfone groups is 1. The fourth-order valence-corrected chi connectivity index (χ4v) is 2.49. The number of rotatable bonds is 5. The molecule has 16 heavy (non-hydrogen) atoms. The van der Waals surface area contributed by atoms with E-state index < -0.39 is 9.84 Å². The minimum Gasteiger partial charge on any atom is -0.344 e. The molecule has 5 nitrogen and oxygen atoms in total. The maximum Gasteiger partial charge on any atom is 0.222 e. The second-order valence-electron chi connectivity index (χ2n) is 4.45. The first-order valence-electron chi connectivity index (χ1n) is 5.53. The van der Waals surface area contributed by atoms with E-state index in [9.17, 15) is 13.2 Å². The van der Waals surface area contributed by atoms with Gasteiger partial charge in [-0.25, -0.2) is 8.42 Å². The van der Waals surface area contributed by atoms with Crippen molar-refractivity contribution in [3.8, 4) is 0 Å². The normalized spacial score (nSPS) is 22.5. The SMILES string of the molecule is CN1CC(NCCCS(C)(=O)=O)CCC1=O. The van der Waals surface area contributed by atoms with Crippen LogP contribution in [0.4, 0.5) is 0 Å². The summed E-state index contributed by atoms with van der Waals surface area (Å²) in [6, 6.07) is 0.308. The lowest BCUT2D eigenvalue weighted by atomic mass is 10.1. The Kier molecular flexibility index (Phi) is 4.73. The highest BCUT2D eigenvalue weighted by Gasteiger charge is 2.21. The second-order valence-corrected chi connectivity index (χ2v) is 6.71. The molecule has 1 rings (SSSR count). The number of carbonyl (C=O) groups is 1. The molecule has 0 aliphatic carbocycles. The summed E-state index contributed by atoms with van der Waals surface area (Å²) in [6.45, 7) is 1.41. The fraction of sp³-hybridized carbons (Fsp3) is 0.900. The largest absolute Gasteiger partial charge is 0.344 e. The topological polar surface area (TPSA) is 66.5 Å². The second kappa shape index (κ2) is 5.63. The maximum absolute atomic E-state index is 11.2. The smallest absolute Gasteiger partial charge is 0.222 e. The molecule has 0 spiro atoms. The molecule has 1 N–H and O–H groups in total. The van der Waals surface area contributed by atoms with Gasteiger partial charge in [0, 0.05) is 32.3 Å². The molecule has 1 atom stereocenters. The molecule has 6 heteroatoms. The zero-order valence-electron chi connectivity index (χ0n) is 9.90. The lowest BCUT2D eigenvalue weighted by Crippen LogP contribution is -2.46. The summed E-state index contributed by atoms with van der Waals surface area (Å²) in [4.78, 5) is 12.9. The number of nitrogens with one attached hydrogen (secondary N) is 1. The number of amides is 1. The molecule has 0 bridgehead atoms. The van der Waals surface area contributed by atoms with E-state index >= 15 is 0 Å². The van der Waals surface area contributed by atoms with E-state index in [1.165, 1.54) is 6.26 Å². The Bertz CT molecular complexity index is 340. The Labute approximate surface area is 97.1 Å². The van der Waals surface area contributed by atoms with Crippen LogP contribution in [0.15, 0.2) is 0 Å². The number of carbonyl (C=O) groups excluding carboxylic acids is 1. The van der Waals surface area contributed by atoms with Gasteiger partial charge in [-0.05, 0) is 19.4 Å². The molecule has 1 heterocycles. The summed E-state index contributed by atoms with van der Waals surface area (Å²) >= 11 is 0. The number of piperidine rings is 1. The van der Waals surface area contributed by atoms with Crippen LogP contribution in [0.25, 0.3) is 0 Å². The Balaban J connectivity index is 2.17. The molecule has 1 saturated heterocycles. The van der Waals surface area contributed by atoms with Gasteiger partial charge in [-0.1, -0.05) is 0 Å². The van der Waals surface area contributed by atoms with Gasteiger partial charge in [0.2, 0.25) is 5.91 Å². The van der Waals surface area contributed by atoms with Gasteiger partial charge in [0.15, 0.2) is 0 Å². The van der Waals surface area contributed by atoms with Crippen molar-refractivity contribution in [3.05, 3.63) is 0 Å². The van der Waals surface area contributed by atoms with E-state index in [1.54, 1.807) is 11.9 Å². The zero-order valence-corrected chi connectivity index (χ0v) is 10.7. The Morgan fingerprint density at radius 2 is 2.19 bits per heavy atom. The number of likely N-dealkylation sites (N-methyl/N-ethyl adjacent to an activating group) is 1. The van der Waals surface area contributed by atoms with Gasteiger partial charge in [0.1, 0.15) is 9.84 Å².